The van der Waals surface area contributed by atoms with Gasteiger partial charge >= 0.3 is 11.3 Å². The van der Waals surface area contributed by atoms with Gasteiger partial charge in [-0.05, 0) is 73.0 Å². The first-order chi connectivity index (χ1) is 27.4. The standard InChI is InChI=1S/C49H46O7/c1-3-5-7-15-25-53-37-21-23-39-35(29-43(55-45(39)31-37)33-17-11-9-12-18-33)27-41-47(50)42(49(52)48(41)51)28-36-30-44(34-19-13-10-14-20-34)56-46-32-38(22-24-40(36)46)54-26-16-8-6-4-2/h9-14,17-24,27-32H,3-8,15-16,25-26H2,1-2H3/p+1. The predicted molar refractivity (Wildman–Crippen MR) is 222 cm³/mol. The van der Waals surface area contributed by atoms with Gasteiger partial charge in [0.05, 0.1) is 47.4 Å². The van der Waals surface area contributed by atoms with Crippen LogP contribution in [0.4, 0.5) is 0 Å². The molecular weight excluding hydrogens is 701 g/mol. The zero-order valence-electron chi connectivity index (χ0n) is 32.0. The number of hydrogen-bond acceptors (Lipinski definition) is 6. The van der Waals surface area contributed by atoms with E-state index in [1.165, 1.54) is 12.8 Å². The molecule has 7 nitrogen and oxygen atoms in total. The Morgan fingerprint density at radius 2 is 1.32 bits per heavy atom. The molecule has 1 aliphatic heterocycles. The summed E-state index contributed by atoms with van der Waals surface area (Å²) in [5, 5.41) is 12.4. The van der Waals surface area contributed by atoms with Gasteiger partial charge in [-0.15, -0.1) is 0 Å². The lowest BCUT2D eigenvalue weighted by atomic mass is 9.96. The smallest absolute Gasteiger partial charge is 0.365 e. The van der Waals surface area contributed by atoms with E-state index in [1.54, 1.807) is 12.2 Å². The molecule has 4 aromatic carbocycles. The molecule has 0 saturated heterocycles. The molecule has 284 valence electrons. The monoisotopic (exact) mass is 747 g/mol. The van der Waals surface area contributed by atoms with Crippen LogP contribution in [-0.4, -0.2) is 29.9 Å². The number of carbonyl (C=O) groups is 2. The maximum atomic E-state index is 13.7. The Labute approximate surface area is 328 Å². The Hall–Kier alpha value is -6.21. The molecule has 0 bridgehead atoms. The van der Waals surface area contributed by atoms with Crippen LogP contribution < -0.4 is 14.2 Å². The largest absolute Gasteiger partial charge is 0.506 e. The fraction of sp³-hybridized carbons (Fsp3) is 0.245. The Morgan fingerprint density at radius 3 is 2.00 bits per heavy atom. The van der Waals surface area contributed by atoms with Crippen molar-refractivity contribution in [3.63, 3.8) is 0 Å². The SMILES string of the molecule is CCCCCCOc1ccc2c(c1)OC(c1ccccc1)=C/C2=C\C1=C(O)C(=C/c2cc(-c3ccccc3)[o+]c3cc(OCCCCCC)ccc23)/C(=O)C1=O. The van der Waals surface area contributed by atoms with E-state index in [9.17, 15) is 14.7 Å². The molecule has 1 N–H and O–H groups in total. The molecule has 0 atom stereocenters. The summed E-state index contributed by atoms with van der Waals surface area (Å²) in [5.74, 6) is 1.07. The zero-order chi connectivity index (χ0) is 38.9. The number of aliphatic hydroxyl groups excluding tert-OH is 1. The lowest BCUT2D eigenvalue weighted by molar-refractivity contribution is -0.131. The number of carbonyl (C=O) groups excluding carboxylic acids is 2. The van der Waals surface area contributed by atoms with E-state index < -0.39 is 11.6 Å². The van der Waals surface area contributed by atoms with Gasteiger partial charge < -0.3 is 19.3 Å². The molecule has 0 saturated carbocycles. The van der Waals surface area contributed by atoms with E-state index in [-0.39, 0.29) is 16.9 Å². The summed E-state index contributed by atoms with van der Waals surface area (Å²) in [6.07, 6.45) is 13.7. The minimum absolute atomic E-state index is 0.0871. The molecule has 1 aliphatic carbocycles. The number of ketones is 2. The third kappa shape index (κ3) is 8.68. The maximum Gasteiger partial charge on any atom is 0.365 e. The van der Waals surface area contributed by atoms with Crippen LogP contribution in [0.2, 0.25) is 0 Å². The molecule has 7 rings (SSSR count). The average molecular weight is 748 g/mol. The summed E-state index contributed by atoms with van der Waals surface area (Å²) in [7, 11) is 0. The summed E-state index contributed by atoms with van der Waals surface area (Å²) < 4.78 is 24.9. The number of rotatable bonds is 16. The second-order valence-electron chi connectivity index (χ2n) is 14.1. The van der Waals surface area contributed by atoms with Crippen molar-refractivity contribution < 1.29 is 33.3 Å². The number of ether oxygens (including phenoxy) is 3. The normalized spacial score (nSPS) is 15.4. The molecular formula is C49H47O7+. The summed E-state index contributed by atoms with van der Waals surface area (Å²) in [6.45, 7) is 5.55. The van der Waals surface area contributed by atoms with Gasteiger partial charge in [0, 0.05) is 22.8 Å². The first-order valence-corrected chi connectivity index (χ1v) is 19.7. The molecule has 1 aromatic heterocycles. The maximum absolute atomic E-state index is 13.7. The molecule has 7 heteroatoms. The third-order valence-electron chi connectivity index (χ3n) is 10.00. The number of benzene rings is 4. The minimum atomic E-state index is -0.789. The molecule has 2 heterocycles. The average Bonchev–Trinajstić information content (AvgIpc) is 3.42. The van der Waals surface area contributed by atoms with Gasteiger partial charge in [-0.1, -0.05) is 101 Å². The van der Waals surface area contributed by atoms with Crippen LogP contribution in [0.25, 0.3) is 39.7 Å². The van der Waals surface area contributed by atoms with Crippen molar-refractivity contribution in [3.8, 4) is 28.6 Å². The zero-order valence-corrected chi connectivity index (χ0v) is 32.0. The van der Waals surface area contributed by atoms with E-state index in [2.05, 4.69) is 13.8 Å². The number of Topliss-reactive ketones (excluding diaryl/α,β-unsaturated/α-hetero) is 2. The first kappa shape index (κ1) is 38.1. The van der Waals surface area contributed by atoms with Crippen LogP contribution >= 0.6 is 0 Å². The highest BCUT2D eigenvalue weighted by atomic mass is 16.5. The molecule has 0 fully saturated rings. The van der Waals surface area contributed by atoms with Crippen LogP contribution in [0.15, 0.2) is 137 Å². The van der Waals surface area contributed by atoms with E-state index >= 15 is 0 Å². The number of aliphatic hydroxyl groups is 1. The summed E-state index contributed by atoms with van der Waals surface area (Å²) in [5.41, 5.74) is 3.97. The predicted octanol–water partition coefficient (Wildman–Crippen LogP) is 12.2. The lowest BCUT2D eigenvalue weighted by Gasteiger charge is -2.21. The highest BCUT2D eigenvalue weighted by Crippen LogP contribution is 2.41. The fourth-order valence-corrected chi connectivity index (χ4v) is 6.91. The van der Waals surface area contributed by atoms with Crippen molar-refractivity contribution in [2.24, 2.45) is 0 Å². The molecule has 0 unspecified atom stereocenters. The van der Waals surface area contributed by atoms with Crippen molar-refractivity contribution in [1.82, 2.24) is 0 Å². The first-order valence-electron chi connectivity index (χ1n) is 19.7. The Kier molecular flexibility index (Phi) is 12.2. The van der Waals surface area contributed by atoms with E-state index in [0.717, 1.165) is 49.7 Å². The van der Waals surface area contributed by atoms with Gasteiger partial charge in [-0.3, -0.25) is 9.59 Å². The van der Waals surface area contributed by atoms with Crippen molar-refractivity contribution >= 4 is 39.9 Å². The Morgan fingerprint density at radius 1 is 0.679 bits per heavy atom. The summed E-state index contributed by atoms with van der Waals surface area (Å²) in [6, 6.07) is 32.3. The van der Waals surface area contributed by atoms with E-state index in [0.29, 0.717) is 69.7 Å². The molecule has 56 heavy (non-hydrogen) atoms. The molecule has 0 spiro atoms. The molecule has 2 aliphatic rings. The minimum Gasteiger partial charge on any atom is -0.506 e. The van der Waals surface area contributed by atoms with Crippen LogP contribution in [0.1, 0.15) is 81.9 Å². The van der Waals surface area contributed by atoms with E-state index in [4.69, 9.17) is 18.6 Å². The third-order valence-corrected chi connectivity index (χ3v) is 10.00. The van der Waals surface area contributed by atoms with Crippen LogP contribution in [0.5, 0.6) is 17.2 Å². The van der Waals surface area contributed by atoms with Crippen LogP contribution in [0, 0.1) is 0 Å². The summed E-state index contributed by atoms with van der Waals surface area (Å²) >= 11 is 0. The van der Waals surface area contributed by atoms with Crippen molar-refractivity contribution in [2.45, 2.75) is 65.2 Å². The number of hydrogen-bond donors (Lipinski definition) is 1. The van der Waals surface area contributed by atoms with Gasteiger partial charge in [0.1, 0.15) is 28.8 Å². The van der Waals surface area contributed by atoms with Gasteiger partial charge in [0.2, 0.25) is 11.6 Å². The molecule has 5 aromatic rings. The number of unbranched alkanes of at least 4 members (excludes halogenated alkanes) is 6. The van der Waals surface area contributed by atoms with Gasteiger partial charge in [0.25, 0.3) is 0 Å². The van der Waals surface area contributed by atoms with Crippen molar-refractivity contribution in [3.05, 3.63) is 149 Å². The quantitative estimate of drug-likeness (QED) is 0.0465. The topological polar surface area (TPSA) is 93.4 Å². The van der Waals surface area contributed by atoms with Gasteiger partial charge in [0.15, 0.2) is 0 Å². The number of fused-ring (bicyclic) bond motifs is 2. The fourth-order valence-electron chi connectivity index (χ4n) is 6.91. The molecule has 0 radical (unpaired) electrons. The highest BCUT2D eigenvalue weighted by molar-refractivity contribution is 6.54. The van der Waals surface area contributed by atoms with Gasteiger partial charge in [-0.2, -0.15) is 0 Å². The number of allylic oxidation sites excluding steroid dienone is 5. The van der Waals surface area contributed by atoms with Gasteiger partial charge in [-0.25, -0.2) is 4.42 Å². The summed E-state index contributed by atoms with van der Waals surface area (Å²) in [4.78, 5) is 27.4. The van der Waals surface area contributed by atoms with Crippen molar-refractivity contribution in [1.29, 1.82) is 0 Å². The Bertz CT molecular complexity index is 2350. The Balaban J connectivity index is 1.27. The lowest BCUT2D eigenvalue weighted by Crippen LogP contribution is -2.10. The second-order valence-corrected chi connectivity index (χ2v) is 14.1. The highest BCUT2D eigenvalue weighted by Gasteiger charge is 2.36. The van der Waals surface area contributed by atoms with E-state index in [1.807, 2.05) is 109 Å². The van der Waals surface area contributed by atoms with Crippen molar-refractivity contribution in [2.75, 3.05) is 13.2 Å². The van der Waals surface area contributed by atoms with Crippen LogP contribution in [-0.2, 0) is 9.59 Å². The second kappa shape index (κ2) is 17.9. The molecule has 0 amide bonds. The van der Waals surface area contributed by atoms with Crippen LogP contribution in [0.3, 0.4) is 0 Å².